The van der Waals surface area contributed by atoms with Crippen molar-refractivity contribution in [2.24, 2.45) is 0 Å². The van der Waals surface area contributed by atoms with Crippen LogP contribution in [0.5, 0.6) is 0 Å². The third-order valence-corrected chi connectivity index (χ3v) is 6.13. The summed E-state index contributed by atoms with van der Waals surface area (Å²) in [6.07, 6.45) is 1.64. The number of carbonyl (C=O) groups excluding carboxylic acids is 2. The van der Waals surface area contributed by atoms with Crippen LogP contribution in [0.2, 0.25) is 0 Å². The molecular weight excluding hydrogens is 408 g/mol. The first kappa shape index (κ1) is 22.2. The number of fused-ring (bicyclic) bond motifs is 1. The van der Waals surface area contributed by atoms with Gasteiger partial charge in [0.15, 0.2) is 0 Å². The number of carbonyl (C=O) groups is 2. The summed E-state index contributed by atoms with van der Waals surface area (Å²) < 4.78 is 0. The number of nitrogens with zero attached hydrogens (tertiary/aromatic N) is 4. The fourth-order valence-corrected chi connectivity index (χ4v) is 4.27. The Kier molecular flexibility index (Phi) is 6.66. The molecule has 3 N–H and O–H groups in total. The highest BCUT2D eigenvalue weighted by atomic mass is 16.3. The molecule has 0 bridgehead atoms. The number of β-amino-alcohol motifs (C(OH)–C–C–N with tert-alkyl or cyclic N) is 1. The maximum Gasteiger partial charge on any atom is 0.270 e. The summed E-state index contributed by atoms with van der Waals surface area (Å²) >= 11 is 0. The molecule has 9 heteroatoms. The predicted octanol–water partition coefficient (Wildman–Crippen LogP) is 0.577. The molecule has 1 saturated heterocycles. The number of aromatic nitrogens is 2. The lowest BCUT2D eigenvalue weighted by Crippen LogP contribution is -2.56. The molecule has 4 rings (SSSR count). The largest absolute Gasteiger partial charge is 0.390 e. The number of aryl methyl sites for hydroxylation is 1. The highest BCUT2D eigenvalue weighted by molar-refractivity contribution is 5.92. The molecule has 1 atom stereocenters. The number of benzene rings is 1. The van der Waals surface area contributed by atoms with Gasteiger partial charge in [-0.05, 0) is 30.0 Å². The summed E-state index contributed by atoms with van der Waals surface area (Å²) in [6, 6.07) is 8.06. The van der Waals surface area contributed by atoms with Gasteiger partial charge in [0.05, 0.1) is 12.1 Å². The lowest BCUT2D eigenvalue weighted by molar-refractivity contribution is -0.132. The normalized spacial score (nSPS) is 17.3. The topological polar surface area (TPSA) is 111 Å². The van der Waals surface area contributed by atoms with Crippen molar-refractivity contribution >= 4 is 17.6 Å². The maximum absolute atomic E-state index is 12.5. The van der Waals surface area contributed by atoms with E-state index in [0.29, 0.717) is 25.5 Å². The monoisotopic (exact) mass is 438 g/mol. The van der Waals surface area contributed by atoms with Gasteiger partial charge in [0.25, 0.3) is 5.91 Å². The zero-order valence-corrected chi connectivity index (χ0v) is 18.5. The Hall–Kier alpha value is -3.04. The molecule has 2 aliphatic heterocycles. The second-order valence-corrected chi connectivity index (χ2v) is 8.62. The molecule has 0 radical (unpaired) electrons. The van der Waals surface area contributed by atoms with E-state index < -0.39 is 6.10 Å². The van der Waals surface area contributed by atoms with Crippen LogP contribution < -0.4 is 10.6 Å². The van der Waals surface area contributed by atoms with Crippen molar-refractivity contribution in [1.29, 1.82) is 0 Å². The molecule has 1 aromatic carbocycles. The average molecular weight is 439 g/mol. The van der Waals surface area contributed by atoms with E-state index in [4.69, 9.17) is 0 Å². The smallest absolute Gasteiger partial charge is 0.270 e. The first-order chi connectivity index (χ1) is 15.4. The lowest BCUT2D eigenvalue weighted by Gasteiger charge is -2.39. The molecule has 170 valence electrons. The SMILES string of the molecule is CC(=O)N1CC(Nc2cc(C(=O)NC[C@H](O)CN3CCc4c(C)cccc4C3)ncn2)C1. The quantitative estimate of drug-likeness (QED) is 0.580. The molecule has 1 aromatic heterocycles. The van der Waals surface area contributed by atoms with Crippen LogP contribution in [0.1, 0.15) is 34.1 Å². The first-order valence-electron chi connectivity index (χ1n) is 11.0. The Morgan fingerprint density at radius 3 is 2.88 bits per heavy atom. The van der Waals surface area contributed by atoms with Crippen molar-refractivity contribution in [3.8, 4) is 0 Å². The van der Waals surface area contributed by atoms with Crippen molar-refractivity contribution in [2.75, 3.05) is 38.0 Å². The number of amides is 2. The predicted molar refractivity (Wildman–Crippen MR) is 120 cm³/mol. The van der Waals surface area contributed by atoms with Crippen LogP contribution in [0.3, 0.4) is 0 Å². The third kappa shape index (κ3) is 5.23. The zero-order valence-electron chi connectivity index (χ0n) is 18.5. The molecule has 3 heterocycles. The van der Waals surface area contributed by atoms with Crippen LogP contribution >= 0.6 is 0 Å². The van der Waals surface area contributed by atoms with Gasteiger partial charge < -0.3 is 20.6 Å². The van der Waals surface area contributed by atoms with E-state index in [1.165, 1.54) is 23.0 Å². The van der Waals surface area contributed by atoms with Gasteiger partial charge in [-0.2, -0.15) is 0 Å². The minimum Gasteiger partial charge on any atom is -0.390 e. The van der Waals surface area contributed by atoms with E-state index in [-0.39, 0.29) is 30.1 Å². The summed E-state index contributed by atoms with van der Waals surface area (Å²) in [5, 5.41) is 16.4. The van der Waals surface area contributed by atoms with Crippen LogP contribution in [0.25, 0.3) is 0 Å². The second kappa shape index (κ2) is 9.62. The molecular formula is C23H30N6O3. The summed E-state index contributed by atoms with van der Waals surface area (Å²) in [7, 11) is 0. The van der Waals surface area contributed by atoms with E-state index in [1.807, 2.05) is 0 Å². The van der Waals surface area contributed by atoms with E-state index in [0.717, 1.165) is 19.5 Å². The number of anilines is 1. The van der Waals surface area contributed by atoms with Crippen molar-refractivity contribution in [1.82, 2.24) is 25.1 Å². The summed E-state index contributed by atoms with van der Waals surface area (Å²) in [5.41, 5.74) is 4.28. The standard InChI is InChI=1S/C23H30N6O3/c1-15-4-3-5-17-10-28(7-6-20(15)17)13-19(31)9-24-23(32)21-8-22(26-14-25-21)27-18-11-29(12-18)16(2)30/h3-5,8,14,18-19,31H,6-7,9-13H2,1-2H3,(H,24,32)(H,25,26,27)/t19-/m0/s1. The fraction of sp³-hybridized carbons (Fsp3) is 0.478. The number of rotatable bonds is 7. The third-order valence-electron chi connectivity index (χ3n) is 6.13. The van der Waals surface area contributed by atoms with Gasteiger partial charge in [-0.25, -0.2) is 9.97 Å². The second-order valence-electron chi connectivity index (χ2n) is 8.62. The molecule has 0 spiro atoms. The van der Waals surface area contributed by atoms with Crippen LogP contribution in [0, 0.1) is 6.92 Å². The van der Waals surface area contributed by atoms with E-state index in [1.54, 1.807) is 17.9 Å². The van der Waals surface area contributed by atoms with Crippen LogP contribution in [-0.4, -0.2) is 81.6 Å². The number of likely N-dealkylation sites (tertiary alicyclic amines) is 1. The minimum atomic E-state index is -0.669. The number of hydrogen-bond donors (Lipinski definition) is 3. The first-order valence-corrected chi connectivity index (χ1v) is 11.0. The molecule has 2 aromatic rings. The minimum absolute atomic E-state index is 0.0493. The van der Waals surface area contributed by atoms with Crippen molar-refractivity contribution < 1.29 is 14.7 Å². The molecule has 2 amide bonds. The van der Waals surface area contributed by atoms with Crippen molar-refractivity contribution in [2.45, 2.75) is 39.0 Å². The summed E-state index contributed by atoms with van der Waals surface area (Å²) in [6.45, 7) is 7.28. The number of aliphatic hydroxyl groups excluding tert-OH is 1. The number of nitrogens with one attached hydrogen (secondary N) is 2. The molecule has 0 unspecified atom stereocenters. The van der Waals surface area contributed by atoms with Crippen molar-refractivity contribution in [3.05, 3.63) is 53.0 Å². The Morgan fingerprint density at radius 1 is 1.28 bits per heavy atom. The highest BCUT2D eigenvalue weighted by Crippen LogP contribution is 2.22. The molecule has 9 nitrogen and oxygen atoms in total. The van der Waals surface area contributed by atoms with Crippen molar-refractivity contribution in [3.63, 3.8) is 0 Å². The number of hydrogen-bond acceptors (Lipinski definition) is 7. The van der Waals surface area contributed by atoms with Gasteiger partial charge in [-0.1, -0.05) is 18.2 Å². The maximum atomic E-state index is 12.5. The summed E-state index contributed by atoms with van der Waals surface area (Å²) in [4.78, 5) is 35.9. The lowest BCUT2D eigenvalue weighted by atomic mass is 9.95. The van der Waals surface area contributed by atoms with Gasteiger partial charge in [0.1, 0.15) is 17.8 Å². The highest BCUT2D eigenvalue weighted by Gasteiger charge is 2.28. The van der Waals surface area contributed by atoms with Crippen LogP contribution in [-0.2, 0) is 17.8 Å². The Morgan fingerprint density at radius 2 is 2.09 bits per heavy atom. The fourth-order valence-electron chi connectivity index (χ4n) is 4.27. The Bertz CT molecular complexity index is 991. The van der Waals surface area contributed by atoms with Gasteiger partial charge in [0.2, 0.25) is 5.91 Å². The van der Waals surface area contributed by atoms with Gasteiger partial charge in [-0.3, -0.25) is 14.5 Å². The Labute approximate surface area is 187 Å². The number of aliphatic hydroxyl groups is 1. The van der Waals surface area contributed by atoms with E-state index in [9.17, 15) is 14.7 Å². The Balaban J connectivity index is 1.24. The zero-order chi connectivity index (χ0) is 22.7. The van der Waals surface area contributed by atoms with Crippen LogP contribution in [0.15, 0.2) is 30.6 Å². The van der Waals surface area contributed by atoms with Gasteiger partial charge >= 0.3 is 0 Å². The van der Waals surface area contributed by atoms with Gasteiger partial charge in [0, 0.05) is 52.3 Å². The average Bonchev–Trinajstić information content (AvgIpc) is 2.74. The van der Waals surface area contributed by atoms with E-state index in [2.05, 4.69) is 50.6 Å². The molecule has 0 saturated carbocycles. The van der Waals surface area contributed by atoms with Crippen LogP contribution in [0.4, 0.5) is 5.82 Å². The molecule has 2 aliphatic rings. The summed E-state index contributed by atoms with van der Waals surface area (Å²) in [5.74, 6) is 0.238. The molecule has 1 fully saturated rings. The molecule has 32 heavy (non-hydrogen) atoms. The van der Waals surface area contributed by atoms with E-state index >= 15 is 0 Å². The van der Waals surface area contributed by atoms with Gasteiger partial charge in [-0.15, -0.1) is 0 Å². The molecule has 0 aliphatic carbocycles.